The van der Waals surface area contributed by atoms with Gasteiger partial charge in [-0.25, -0.2) is 0 Å². The summed E-state index contributed by atoms with van der Waals surface area (Å²) < 4.78 is 0. The predicted molar refractivity (Wildman–Crippen MR) is 65.1 cm³/mol. The molecule has 1 saturated carbocycles. The van der Waals surface area contributed by atoms with Crippen molar-refractivity contribution < 1.29 is 0 Å². The van der Waals surface area contributed by atoms with Crippen molar-refractivity contribution in [3.63, 3.8) is 0 Å². The average molecular weight is 210 g/mol. The lowest BCUT2D eigenvalue weighted by Crippen LogP contribution is -2.66. The zero-order chi connectivity index (χ0) is 10.7. The molecular formula is C13H26N2. The third-order valence-corrected chi connectivity index (χ3v) is 4.15. The van der Waals surface area contributed by atoms with Gasteiger partial charge in [0.15, 0.2) is 0 Å². The van der Waals surface area contributed by atoms with Gasteiger partial charge in [0.2, 0.25) is 0 Å². The van der Waals surface area contributed by atoms with E-state index in [2.05, 4.69) is 24.5 Å². The molecule has 1 saturated heterocycles. The Kier molecular flexibility index (Phi) is 4.04. The lowest BCUT2D eigenvalue weighted by atomic mass is 9.84. The number of fused-ring (bicyclic) bond motifs is 1. The van der Waals surface area contributed by atoms with E-state index in [0.29, 0.717) is 6.04 Å². The Balaban J connectivity index is 1.95. The van der Waals surface area contributed by atoms with Crippen molar-refractivity contribution in [2.45, 2.75) is 83.0 Å². The normalized spacial score (nSPS) is 41.2. The maximum Gasteiger partial charge on any atom is 0.0224 e. The zero-order valence-electron chi connectivity index (χ0n) is 10.3. The molecule has 88 valence electrons. The molecule has 0 bridgehead atoms. The minimum absolute atomic E-state index is 0.712. The molecule has 1 heterocycles. The number of rotatable bonds is 3. The molecule has 2 heteroatoms. The molecular weight excluding hydrogens is 184 g/mol. The molecule has 2 fully saturated rings. The van der Waals surface area contributed by atoms with Gasteiger partial charge in [0.25, 0.3) is 0 Å². The summed E-state index contributed by atoms with van der Waals surface area (Å²) in [6.45, 7) is 4.60. The minimum Gasteiger partial charge on any atom is -0.308 e. The Morgan fingerprint density at radius 2 is 1.53 bits per heavy atom. The lowest BCUT2D eigenvalue weighted by Gasteiger charge is -2.46. The zero-order valence-corrected chi connectivity index (χ0v) is 10.3. The standard InChI is InChI=1S/C13H26N2/c1-3-7-11-10(4-2)14-12-8-5-6-9-13(12)15-11/h10-15H,3-9H2,1-2H3. The van der Waals surface area contributed by atoms with Crippen LogP contribution in [0, 0.1) is 0 Å². The largest absolute Gasteiger partial charge is 0.308 e. The van der Waals surface area contributed by atoms with Crippen LogP contribution in [0.4, 0.5) is 0 Å². The Bertz CT molecular complexity index is 193. The van der Waals surface area contributed by atoms with Crippen molar-refractivity contribution in [3.8, 4) is 0 Å². The van der Waals surface area contributed by atoms with Gasteiger partial charge in [0.05, 0.1) is 0 Å². The fourth-order valence-corrected chi connectivity index (χ4v) is 3.31. The van der Waals surface area contributed by atoms with Gasteiger partial charge in [0.1, 0.15) is 0 Å². The first kappa shape index (κ1) is 11.4. The highest BCUT2D eigenvalue weighted by Crippen LogP contribution is 2.25. The van der Waals surface area contributed by atoms with Gasteiger partial charge in [0, 0.05) is 24.2 Å². The van der Waals surface area contributed by atoms with Gasteiger partial charge >= 0.3 is 0 Å². The van der Waals surface area contributed by atoms with Crippen molar-refractivity contribution in [3.05, 3.63) is 0 Å². The molecule has 4 atom stereocenters. The SMILES string of the molecule is CCCC1NC2CCCCC2NC1CC. The van der Waals surface area contributed by atoms with Crippen molar-refractivity contribution in [2.24, 2.45) is 0 Å². The highest BCUT2D eigenvalue weighted by molar-refractivity contribution is 4.98. The molecule has 1 aliphatic heterocycles. The third kappa shape index (κ3) is 2.54. The van der Waals surface area contributed by atoms with Crippen LogP contribution in [0.3, 0.4) is 0 Å². The van der Waals surface area contributed by atoms with Crippen molar-refractivity contribution in [1.29, 1.82) is 0 Å². The number of hydrogen-bond acceptors (Lipinski definition) is 2. The molecule has 2 aliphatic rings. The van der Waals surface area contributed by atoms with Crippen LogP contribution in [0.15, 0.2) is 0 Å². The van der Waals surface area contributed by atoms with Crippen molar-refractivity contribution in [1.82, 2.24) is 10.6 Å². The second kappa shape index (κ2) is 5.31. The molecule has 2 rings (SSSR count). The van der Waals surface area contributed by atoms with E-state index in [1.54, 1.807) is 0 Å². The van der Waals surface area contributed by atoms with Gasteiger partial charge < -0.3 is 10.6 Å². The van der Waals surface area contributed by atoms with Crippen LogP contribution in [-0.4, -0.2) is 24.2 Å². The summed E-state index contributed by atoms with van der Waals surface area (Å²) in [4.78, 5) is 0. The summed E-state index contributed by atoms with van der Waals surface area (Å²) in [5.41, 5.74) is 0. The summed E-state index contributed by atoms with van der Waals surface area (Å²) in [6.07, 6.45) is 9.50. The Morgan fingerprint density at radius 3 is 2.07 bits per heavy atom. The molecule has 1 aliphatic carbocycles. The molecule has 0 aromatic carbocycles. The third-order valence-electron chi connectivity index (χ3n) is 4.15. The van der Waals surface area contributed by atoms with Gasteiger partial charge in [-0.05, 0) is 25.7 Å². The second-order valence-corrected chi connectivity index (χ2v) is 5.24. The highest BCUT2D eigenvalue weighted by atomic mass is 15.1. The molecule has 0 aromatic rings. The van der Waals surface area contributed by atoms with Gasteiger partial charge in [-0.1, -0.05) is 33.1 Å². The monoisotopic (exact) mass is 210 g/mol. The highest BCUT2D eigenvalue weighted by Gasteiger charge is 2.35. The predicted octanol–water partition coefficient (Wildman–Crippen LogP) is 2.44. The van der Waals surface area contributed by atoms with Gasteiger partial charge in [-0.3, -0.25) is 0 Å². The molecule has 0 amide bonds. The summed E-state index contributed by atoms with van der Waals surface area (Å²) in [6, 6.07) is 2.96. The molecule has 0 aromatic heterocycles. The first-order valence-electron chi connectivity index (χ1n) is 6.87. The van der Waals surface area contributed by atoms with Gasteiger partial charge in [-0.2, -0.15) is 0 Å². The van der Waals surface area contributed by atoms with Crippen molar-refractivity contribution >= 4 is 0 Å². The average Bonchev–Trinajstić information content (AvgIpc) is 2.28. The van der Waals surface area contributed by atoms with E-state index < -0.39 is 0 Å². The Labute approximate surface area is 94.2 Å². The summed E-state index contributed by atoms with van der Waals surface area (Å²) in [7, 11) is 0. The smallest absolute Gasteiger partial charge is 0.0224 e. The lowest BCUT2D eigenvalue weighted by molar-refractivity contribution is 0.159. The van der Waals surface area contributed by atoms with E-state index in [4.69, 9.17) is 0 Å². The fraction of sp³-hybridized carbons (Fsp3) is 1.00. The van der Waals surface area contributed by atoms with E-state index in [1.807, 2.05) is 0 Å². The van der Waals surface area contributed by atoms with Crippen LogP contribution in [0.2, 0.25) is 0 Å². The van der Waals surface area contributed by atoms with Crippen LogP contribution in [0.1, 0.15) is 58.8 Å². The molecule has 2 N–H and O–H groups in total. The van der Waals surface area contributed by atoms with Crippen LogP contribution >= 0.6 is 0 Å². The van der Waals surface area contributed by atoms with Crippen LogP contribution in [-0.2, 0) is 0 Å². The Hall–Kier alpha value is -0.0800. The molecule has 0 radical (unpaired) electrons. The first-order valence-corrected chi connectivity index (χ1v) is 6.87. The van der Waals surface area contributed by atoms with Crippen molar-refractivity contribution in [2.75, 3.05) is 0 Å². The molecule has 0 spiro atoms. The maximum absolute atomic E-state index is 3.89. The number of hydrogen-bond donors (Lipinski definition) is 2. The van der Waals surface area contributed by atoms with Crippen LogP contribution < -0.4 is 10.6 Å². The van der Waals surface area contributed by atoms with E-state index in [-0.39, 0.29) is 0 Å². The van der Waals surface area contributed by atoms with E-state index in [0.717, 1.165) is 18.1 Å². The summed E-state index contributed by atoms with van der Waals surface area (Å²) >= 11 is 0. The fourth-order valence-electron chi connectivity index (χ4n) is 3.31. The number of piperazine rings is 1. The second-order valence-electron chi connectivity index (χ2n) is 5.24. The van der Waals surface area contributed by atoms with Gasteiger partial charge in [-0.15, -0.1) is 0 Å². The van der Waals surface area contributed by atoms with E-state index in [9.17, 15) is 0 Å². The summed E-state index contributed by atoms with van der Waals surface area (Å²) in [5.74, 6) is 0. The van der Waals surface area contributed by atoms with Crippen LogP contribution in [0.5, 0.6) is 0 Å². The van der Waals surface area contributed by atoms with E-state index >= 15 is 0 Å². The maximum atomic E-state index is 3.89. The Morgan fingerprint density at radius 1 is 0.933 bits per heavy atom. The number of nitrogens with one attached hydrogen (secondary N) is 2. The minimum atomic E-state index is 0.712. The molecule has 2 nitrogen and oxygen atoms in total. The first-order chi connectivity index (χ1) is 7.35. The molecule has 15 heavy (non-hydrogen) atoms. The quantitative estimate of drug-likeness (QED) is 0.747. The van der Waals surface area contributed by atoms with E-state index in [1.165, 1.54) is 44.9 Å². The topological polar surface area (TPSA) is 24.1 Å². The summed E-state index contributed by atoms with van der Waals surface area (Å²) in [5, 5.41) is 7.77. The molecule has 4 unspecified atom stereocenters. The van der Waals surface area contributed by atoms with Crippen LogP contribution in [0.25, 0.3) is 0 Å².